The number of aromatic nitrogens is 1. The highest BCUT2D eigenvalue weighted by atomic mass is 19.1. The lowest BCUT2D eigenvalue weighted by molar-refractivity contribution is 0.300. The van der Waals surface area contributed by atoms with Crippen molar-refractivity contribution in [2.24, 2.45) is 0 Å². The number of hydrogen-bond acceptors (Lipinski definition) is 2. The van der Waals surface area contributed by atoms with Crippen molar-refractivity contribution in [2.45, 2.75) is 13.3 Å². The van der Waals surface area contributed by atoms with Gasteiger partial charge in [0.1, 0.15) is 5.82 Å². The lowest BCUT2D eigenvalue weighted by Gasteiger charge is -2.14. The van der Waals surface area contributed by atoms with Gasteiger partial charge < -0.3 is 5.11 Å². The number of aliphatic hydroxyl groups excluding tert-OH is 1. The van der Waals surface area contributed by atoms with Crippen LogP contribution in [0.1, 0.15) is 11.1 Å². The lowest BCUT2D eigenvalue weighted by Crippen LogP contribution is -1.98. The molecule has 1 heterocycles. The number of pyridine rings is 1. The summed E-state index contributed by atoms with van der Waals surface area (Å²) in [5.74, 6) is -0.269. The highest BCUT2D eigenvalue weighted by molar-refractivity contribution is 5.99. The summed E-state index contributed by atoms with van der Waals surface area (Å²) in [4.78, 5) is 4.79. The van der Waals surface area contributed by atoms with E-state index in [-0.39, 0.29) is 12.4 Å². The molecule has 124 valence electrons. The van der Waals surface area contributed by atoms with Crippen molar-refractivity contribution in [1.82, 2.24) is 4.98 Å². The predicted molar refractivity (Wildman–Crippen MR) is 100 cm³/mol. The van der Waals surface area contributed by atoms with E-state index in [9.17, 15) is 9.50 Å². The van der Waals surface area contributed by atoms with Crippen molar-refractivity contribution in [3.63, 3.8) is 0 Å². The molecule has 3 aromatic carbocycles. The number of aryl methyl sites for hydroxylation is 1. The third-order valence-electron chi connectivity index (χ3n) is 4.67. The van der Waals surface area contributed by atoms with Crippen LogP contribution < -0.4 is 0 Å². The molecule has 0 saturated heterocycles. The summed E-state index contributed by atoms with van der Waals surface area (Å²) >= 11 is 0. The van der Waals surface area contributed by atoms with Gasteiger partial charge in [0.25, 0.3) is 0 Å². The number of para-hydroxylation sites is 1. The van der Waals surface area contributed by atoms with E-state index < -0.39 is 0 Å². The fraction of sp³-hybridized carbons (Fsp3) is 0.136. The monoisotopic (exact) mass is 331 g/mol. The molecule has 0 saturated carbocycles. The van der Waals surface area contributed by atoms with Gasteiger partial charge in [0, 0.05) is 17.6 Å². The zero-order valence-electron chi connectivity index (χ0n) is 14.0. The topological polar surface area (TPSA) is 33.1 Å². The number of rotatable bonds is 3. The Morgan fingerprint density at radius 3 is 2.64 bits per heavy atom. The van der Waals surface area contributed by atoms with E-state index in [0.29, 0.717) is 6.42 Å². The molecule has 1 N–H and O–H groups in total. The molecule has 1 aromatic heterocycles. The minimum absolute atomic E-state index is 0.0417. The van der Waals surface area contributed by atoms with Crippen LogP contribution in [0.5, 0.6) is 0 Å². The van der Waals surface area contributed by atoms with Crippen LogP contribution in [0.2, 0.25) is 0 Å². The van der Waals surface area contributed by atoms with Gasteiger partial charge in [0.2, 0.25) is 0 Å². The number of nitrogens with zero attached hydrogens (tertiary/aromatic N) is 1. The first kappa shape index (κ1) is 15.7. The number of hydrogen-bond donors (Lipinski definition) is 1. The molecule has 4 rings (SSSR count). The minimum atomic E-state index is -0.269. The summed E-state index contributed by atoms with van der Waals surface area (Å²) in [6, 6.07) is 19.0. The van der Waals surface area contributed by atoms with Crippen molar-refractivity contribution in [3.05, 3.63) is 77.6 Å². The van der Waals surface area contributed by atoms with E-state index in [1.54, 1.807) is 12.1 Å². The van der Waals surface area contributed by atoms with E-state index >= 15 is 0 Å². The minimum Gasteiger partial charge on any atom is -0.396 e. The summed E-state index contributed by atoms with van der Waals surface area (Å²) in [5.41, 5.74) is 4.82. The molecule has 2 nitrogen and oxygen atoms in total. The lowest BCUT2D eigenvalue weighted by atomic mass is 9.92. The number of benzene rings is 3. The molecule has 0 aliphatic heterocycles. The normalized spacial score (nSPS) is 11.3. The maximum atomic E-state index is 13.9. The number of fused-ring (bicyclic) bond motifs is 2. The third-order valence-corrected chi connectivity index (χ3v) is 4.67. The average Bonchev–Trinajstić information content (AvgIpc) is 2.63. The van der Waals surface area contributed by atoms with E-state index in [1.807, 2.05) is 37.3 Å². The summed E-state index contributed by atoms with van der Waals surface area (Å²) in [7, 11) is 0. The van der Waals surface area contributed by atoms with E-state index in [0.717, 1.165) is 44.1 Å². The largest absolute Gasteiger partial charge is 0.396 e. The number of aliphatic hydroxyl groups is 1. The molecule has 0 aliphatic carbocycles. The molecule has 0 amide bonds. The smallest absolute Gasteiger partial charge is 0.123 e. The maximum Gasteiger partial charge on any atom is 0.123 e. The summed E-state index contributed by atoms with van der Waals surface area (Å²) in [5, 5.41) is 12.3. The van der Waals surface area contributed by atoms with Gasteiger partial charge in [-0.2, -0.15) is 0 Å². The van der Waals surface area contributed by atoms with Crippen molar-refractivity contribution >= 4 is 21.7 Å². The molecule has 3 heteroatoms. The molecule has 0 spiro atoms. The molecule has 0 radical (unpaired) electrons. The Bertz CT molecular complexity index is 1090. The second kappa shape index (κ2) is 6.26. The maximum absolute atomic E-state index is 13.9. The molecule has 0 atom stereocenters. The van der Waals surface area contributed by atoms with Crippen molar-refractivity contribution in [3.8, 4) is 11.3 Å². The van der Waals surface area contributed by atoms with E-state index in [2.05, 4.69) is 12.1 Å². The zero-order chi connectivity index (χ0) is 17.4. The van der Waals surface area contributed by atoms with Gasteiger partial charge in [-0.3, -0.25) is 0 Å². The standard InChI is InChI=1S/C22H18FNO/c1-14-12-20(22-9-6-15-4-2-3-5-21(15)24-22)18-8-7-16(23)13-19(18)17(14)10-11-25/h2-9,12-13,25H,10-11H2,1H3. The first-order chi connectivity index (χ1) is 12.2. The Morgan fingerprint density at radius 1 is 0.960 bits per heavy atom. The molecule has 0 unspecified atom stereocenters. The van der Waals surface area contributed by atoms with Crippen LogP contribution in [0.15, 0.2) is 60.7 Å². The van der Waals surface area contributed by atoms with Crippen LogP contribution in [-0.4, -0.2) is 16.7 Å². The van der Waals surface area contributed by atoms with Crippen molar-refractivity contribution in [2.75, 3.05) is 6.61 Å². The number of halogens is 1. The Morgan fingerprint density at radius 2 is 1.80 bits per heavy atom. The molecular weight excluding hydrogens is 313 g/mol. The Hall–Kier alpha value is -2.78. The molecule has 4 aromatic rings. The van der Waals surface area contributed by atoms with Gasteiger partial charge >= 0.3 is 0 Å². The third kappa shape index (κ3) is 2.77. The quantitative estimate of drug-likeness (QED) is 0.571. The van der Waals surface area contributed by atoms with Gasteiger partial charge in [-0.15, -0.1) is 0 Å². The summed E-state index contributed by atoms with van der Waals surface area (Å²) < 4.78 is 13.9. The second-order valence-electron chi connectivity index (χ2n) is 6.27. The first-order valence-electron chi connectivity index (χ1n) is 8.36. The Balaban J connectivity index is 2.02. The van der Waals surface area contributed by atoms with E-state index in [1.165, 1.54) is 6.07 Å². The molecule has 0 aliphatic rings. The van der Waals surface area contributed by atoms with Crippen LogP contribution in [0.3, 0.4) is 0 Å². The van der Waals surface area contributed by atoms with Crippen molar-refractivity contribution in [1.29, 1.82) is 0 Å². The Kier molecular flexibility index (Phi) is 3.94. The average molecular weight is 331 g/mol. The molecule has 0 fully saturated rings. The van der Waals surface area contributed by atoms with Gasteiger partial charge in [-0.1, -0.05) is 30.3 Å². The first-order valence-corrected chi connectivity index (χ1v) is 8.36. The van der Waals surface area contributed by atoms with E-state index in [4.69, 9.17) is 4.98 Å². The highest BCUT2D eigenvalue weighted by Gasteiger charge is 2.13. The molecule has 0 bridgehead atoms. The summed E-state index contributed by atoms with van der Waals surface area (Å²) in [6.07, 6.45) is 0.511. The van der Waals surface area contributed by atoms with Crippen LogP contribution in [0, 0.1) is 12.7 Å². The van der Waals surface area contributed by atoms with Crippen LogP contribution in [0.4, 0.5) is 4.39 Å². The highest BCUT2D eigenvalue weighted by Crippen LogP contribution is 2.33. The summed E-state index contributed by atoms with van der Waals surface area (Å²) in [6.45, 7) is 2.04. The van der Waals surface area contributed by atoms with Gasteiger partial charge in [-0.25, -0.2) is 9.37 Å². The molecular formula is C22H18FNO. The van der Waals surface area contributed by atoms with Gasteiger partial charge in [-0.05, 0) is 65.6 Å². The molecule has 25 heavy (non-hydrogen) atoms. The van der Waals surface area contributed by atoms with Crippen LogP contribution in [0.25, 0.3) is 32.9 Å². The fourth-order valence-electron chi connectivity index (χ4n) is 3.47. The predicted octanol–water partition coefficient (Wildman–Crippen LogP) is 5.04. The van der Waals surface area contributed by atoms with Gasteiger partial charge in [0.15, 0.2) is 0 Å². The van der Waals surface area contributed by atoms with Gasteiger partial charge in [0.05, 0.1) is 11.2 Å². The fourth-order valence-corrected chi connectivity index (χ4v) is 3.47. The van der Waals surface area contributed by atoms with Crippen LogP contribution >= 0.6 is 0 Å². The van der Waals surface area contributed by atoms with Crippen molar-refractivity contribution < 1.29 is 9.50 Å². The SMILES string of the molecule is Cc1cc(-c2ccc3ccccc3n2)c2ccc(F)cc2c1CCO. The Labute approximate surface area is 145 Å². The van der Waals surface area contributed by atoms with Crippen LogP contribution in [-0.2, 0) is 6.42 Å². The second-order valence-corrected chi connectivity index (χ2v) is 6.27. The zero-order valence-corrected chi connectivity index (χ0v) is 14.0.